The number of halogens is 1. The van der Waals surface area contributed by atoms with Gasteiger partial charge in [-0.3, -0.25) is 4.79 Å². The van der Waals surface area contributed by atoms with Crippen molar-refractivity contribution in [3.05, 3.63) is 23.8 Å². The normalized spacial score (nSPS) is 9.69. The summed E-state index contributed by atoms with van der Waals surface area (Å²) in [5, 5.41) is 3.46. The van der Waals surface area contributed by atoms with Crippen molar-refractivity contribution in [3.8, 4) is 11.5 Å². The van der Waals surface area contributed by atoms with Crippen LogP contribution in [-0.4, -0.2) is 32.0 Å². The number of alkyl halides is 1. The minimum Gasteiger partial charge on any atom is -0.496 e. The topological polar surface area (TPSA) is 47.6 Å². The van der Waals surface area contributed by atoms with Crippen molar-refractivity contribution in [1.29, 1.82) is 0 Å². The van der Waals surface area contributed by atoms with Crippen molar-refractivity contribution < 1.29 is 14.3 Å². The first kappa shape index (κ1) is 12.8. The summed E-state index contributed by atoms with van der Waals surface area (Å²) in [4.78, 5) is 11.9. The average Bonchev–Trinajstić information content (AvgIpc) is 2.34. The van der Waals surface area contributed by atoms with E-state index in [1.54, 1.807) is 18.2 Å². The lowest BCUT2D eigenvalue weighted by Crippen LogP contribution is -2.26. The van der Waals surface area contributed by atoms with Gasteiger partial charge in [0.1, 0.15) is 17.1 Å². The molecule has 4 nitrogen and oxygen atoms in total. The molecule has 0 unspecified atom stereocenters. The van der Waals surface area contributed by atoms with E-state index in [9.17, 15) is 4.79 Å². The van der Waals surface area contributed by atoms with Crippen LogP contribution in [0, 0.1) is 0 Å². The Bertz CT molecular complexity index is 346. The molecule has 0 aromatic heterocycles. The van der Waals surface area contributed by atoms with Gasteiger partial charge in [-0.15, -0.1) is 0 Å². The van der Waals surface area contributed by atoms with Crippen LogP contribution in [0.3, 0.4) is 0 Å². The van der Waals surface area contributed by atoms with E-state index in [2.05, 4.69) is 21.2 Å². The molecule has 0 saturated heterocycles. The molecule has 1 aromatic carbocycles. The van der Waals surface area contributed by atoms with Crippen molar-refractivity contribution in [2.45, 2.75) is 0 Å². The third-order valence-corrected chi connectivity index (χ3v) is 2.43. The van der Waals surface area contributed by atoms with E-state index in [1.807, 2.05) is 0 Å². The van der Waals surface area contributed by atoms with Crippen LogP contribution in [0.4, 0.5) is 0 Å². The van der Waals surface area contributed by atoms with Gasteiger partial charge in [-0.2, -0.15) is 0 Å². The number of carbonyl (C=O) groups excluding carboxylic acids is 1. The zero-order valence-electron chi connectivity index (χ0n) is 9.25. The number of amides is 1. The second kappa shape index (κ2) is 6.37. The van der Waals surface area contributed by atoms with Crippen molar-refractivity contribution in [1.82, 2.24) is 5.32 Å². The zero-order valence-corrected chi connectivity index (χ0v) is 10.8. The molecule has 1 amide bonds. The number of methoxy groups -OCH3 is 2. The molecule has 0 fully saturated rings. The lowest BCUT2D eigenvalue weighted by molar-refractivity contribution is 0.0950. The van der Waals surface area contributed by atoms with Gasteiger partial charge < -0.3 is 14.8 Å². The quantitative estimate of drug-likeness (QED) is 0.841. The minimum atomic E-state index is -0.200. The summed E-state index contributed by atoms with van der Waals surface area (Å²) in [6.45, 7) is 0.556. The highest BCUT2D eigenvalue weighted by Crippen LogP contribution is 2.27. The SMILES string of the molecule is COc1cccc(OC)c1C(=O)NCCBr. The number of nitrogens with one attached hydrogen (secondary N) is 1. The zero-order chi connectivity index (χ0) is 12.0. The highest BCUT2D eigenvalue weighted by molar-refractivity contribution is 9.09. The van der Waals surface area contributed by atoms with Crippen LogP contribution in [0.1, 0.15) is 10.4 Å². The Morgan fingerprint density at radius 2 is 1.88 bits per heavy atom. The smallest absolute Gasteiger partial charge is 0.258 e. The van der Waals surface area contributed by atoms with Gasteiger partial charge in [0.2, 0.25) is 0 Å². The molecule has 0 aliphatic carbocycles. The monoisotopic (exact) mass is 287 g/mol. The van der Waals surface area contributed by atoms with Crippen LogP contribution in [-0.2, 0) is 0 Å². The second-order valence-corrected chi connectivity index (χ2v) is 3.78. The van der Waals surface area contributed by atoms with E-state index >= 15 is 0 Å². The van der Waals surface area contributed by atoms with Gasteiger partial charge in [-0.25, -0.2) is 0 Å². The molecule has 0 atom stereocenters. The van der Waals surface area contributed by atoms with Gasteiger partial charge in [0.25, 0.3) is 5.91 Å². The summed E-state index contributed by atoms with van der Waals surface area (Å²) in [5.41, 5.74) is 0.424. The number of ether oxygens (including phenoxy) is 2. The van der Waals surface area contributed by atoms with E-state index in [0.29, 0.717) is 28.9 Å². The van der Waals surface area contributed by atoms with Crippen molar-refractivity contribution in [2.75, 3.05) is 26.1 Å². The number of rotatable bonds is 5. The predicted octanol–water partition coefficient (Wildman–Crippen LogP) is 1.83. The third kappa shape index (κ3) is 2.88. The first-order chi connectivity index (χ1) is 7.74. The summed E-state index contributed by atoms with van der Waals surface area (Å²) >= 11 is 3.24. The Morgan fingerprint density at radius 3 is 2.31 bits per heavy atom. The van der Waals surface area contributed by atoms with Crippen LogP contribution in [0.25, 0.3) is 0 Å². The average molecular weight is 288 g/mol. The van der Waals surface area contributed by atoms with Crippen molar-refractivity contribution in [2.24, 2.45) is 0 Å². The molecular formula is C11H14BrNO3. The molecule has 1 rings (SSSR count). The second-order valence-electron chi connectivity index (χ2n) is 2.98. The summed E-state index contributed by atoms with van der Waals surface area (Å²) in [5.74, 6) is 0.812. The Morgan fingerprint density at radius 1 is 1.31 bits per heavy atom. The van der Waals surface area contributed by atoms with E-state index in [-0.39, 0.29) is 5.91 Å². The van der Waals surface area contributed by atoms with Gasteiger partial charge in [-0.05, 0) is 12.1 Å². The fourth-order valence-electron chi connectivity index (χ4n) is 1.32. The van der Waals surface area contributed by atoms with Crippen LogP contribution in [0.15, 0.2) is 18.2 Å². The Hall–Kier alpha value is -1.23. The Labute approximate surface area is 103 Å². The van der Waals surface area contributed by atoms with E-state index in [4.69, 9.17) is 9.47 Å². The van der Waals surface area contributed by atoms with Gasteiger partial charge in [0.15, 0.2) is 0 Å². The van der Waals surface area contributed by atoms with E-state index in [0.717, 1.165) is 0 Å². The molecule has 0 bridgehead atoms. The summed E-state index contributed by atoms with van der Waals surface area (Å²) in [6.07, 6.45) is 0. The molecule has 0 saturated carbocycles. The predicted molar refractivity (Wildman–Crippen MR) is 65.7 cm³/mol. The Balaban J connectivity index is 3.03. The minimum absolute atomic E-state index is 0.200. The van der Waals surface area contributed by atoms with E-state index < -0.39 is 0 Å². The molecule has 1 aromatic rings. The molecular weight excluding hydrogens is 274 g/mol. The lowest BCUT2D eigenvalue weighted by atomic mass is 10.1. The first-order valence-corrected chi connectivity index (χ1v) is 5.92. The van der Waals surface area contributed by atoms with Crippen molar-refractivity contribution in [3.63, 3.8) is 0 Å². The van der Waals surface area contributed by atoms with Gasteiger partial charge in [-0.1, -0.05) is 22.0 Å². The fourth-order valence-corrected chi connectivity index (χ4v) is 1.52. The van der Waals surface area contributed by atoms with Crippen LogP contribution < -0.4 is 14.8 Å². The molecule has 0 radical (unpaired) electrons. The molecule has 16 heavy (non-hydrogen) atoms. The summed E-state index contributed by atoms with van der Waals surface area (Å²) in [6, 6.07) is 5.23. The number of hydrogen-bond acceptors (Lipinski definition) is 3. The lowest BCUT2D eigenvalue weighted by Gasteiger charge is -2.12. The Kier molecular flexibility index (Phi) is 5.11. The maximum absolute atomic E-state index is 11.9. The largest absolute Gasteiger partial charge is 0.496 e. The highest BCUT2D eigenvalue weighted by atomic mass is 79.9. The molecule has 0 spiro atoms. The van der Waals surface area contributed by atoms with Gasteiger partial charge >= 0.3 is 0 Å². The standard InChI is InChI=1S/C11H14BrNO3/c1-15-8-4-3-5-9(16-2)10(8)11(14)13-7-6-12/h3-5H,6-7H2,1-2H3,(H,13,14). The number of benzene rings is 1. The number of carbonyl (C=O) groups is 1. The number of hydrogen-bond donors (Lipinski definition) is 1. The summed E-state index contributed by atoms with van der Waals surface area (Å²) < 4.78 is 10.3. The van der Waals surface area contributed by atoms with Gasteiger partial charge in [0, 0.05) is 11.9 Å². The summed E-state index contributed by atoms with van der Waals surface area (Å²) in [7, 11) is 3.05. The highest BCUT2D eigenvalue weighted by Gasteiger charge is 2.17. The molecule has 5 heteroatoms. The third-order valence-electron chi connectivity index (χ3n) is 2.03. The first-order valence-electron chi connectivity index (χ1n) is 4.79. The van der Waals surface area contributed by atoms with Crippen LogP contribution in [0.2, 0.25) is 0 Å². The molecule has 0 aliphatic rings. The van der Waals surface area contributed by atoms with Gasteiger partial charge in [0.05, 0.1) is 14.2 Å². The maximum atomic E-state index is 11.9. The molecule has 0 heterocycles. The van der Waals surface area contributed by atoms with Crippen molar-refractivity contribution >= 4 is 21.8 Å². The maximum Gasteiger partial charge on any atom is 0.258 e. The van der Waals surface area contributed by atoms with E-state index in [1.165, 1.54) is 14.2 Å². The van der Waals surface area contributed by atoms with Crippen LogP contribution in [0.5, 0.6) is 11.5 Å². The molecule has 0 aliphatic heterocycles. The molecule has 88 valence electrons. The van der Waals surface area contributed by atoms with Crippen LogP contribution >= 0.6 is 15.9 Å². The fraction of sp³-hybridized carbons (Fsp3) is 0.364. The molecule has 1 N–H and O–H groups in total.